The van der Waals surface area contributed by atoms with Crippen LogP contribution >= 0.6 is 0 Å². The molecule has 0 aliphatic rings. The van der Waals surface area contributed by atoms with Crippen molar-refractivity contribution in [3.8, 4) is 23.0 Å². The fourth-order valence-corrected chi connectivity index (χ4v) is 19.2. The van der Waals surface area contributed by atoms with Gasteiger partial charge in [0, 0.05) is 181 Å². The van der Waals surface area contributed by atoms with E-state index >= 15 is 0 Å². The van der Waals surface area contributed by atoms with Crippen molar-refractivity contribution in [2.45, 2.75) is 210 Å². The quantitative estimate of drug-likeness (QED) is 0.0224. The largest absolute Gasteiger partial charge is 0.490 e. The van der Waals surface area contributed by atoms with Gasteiger partial charge in [-0.05, 0) is 289 Å². The summed E-state index contributed by atoms with van der Waals surface area (Å²) in [7, 11) is 8.18. The molecule has 0 fully saturated rings. The van der Waals surface area contributed by atoms with Gasteiger partial charge in [-0.15, -0.1) is 0 Å². The molecule has 0 radical (unpaired) electrons. The smallest absolute Gasteiger partial charge is 0.143 e. The topological polar surface area (TPSA) is 451 Å². The van der Waals surface area contributed by atoms with Crippen LogP contribution in [-0.4, -0.2) is 171 Å². The summed E-state index contributed by atoms with van der Waals surface area (Å²) in [5.41, 5.74) is 87.9. The summed E-state index contributed by atoms with van der Waals surface area (Å²) in [6.45, 7) is 51.6. The first-order valence-electron chi connectivity index (χ1n) is 48.4. The number of nitrogens with zero attached hydrogens (tertiary/aromatic N) is 7. The van der Waals surface area contributed by atoms with Crippen LogP contribution in [0.3, 0.4) is 0 Å². The summed E-state index contributed by atoms with van der Waals surface area (Å²) >= 11 is 0. The van der Waals surface area contributed by atoms with Gasteiger partial charge in [0.05, 0.1) is 90.4 Å². The highest BCUT2D eigenvalue weighted by Crippen LogP contribution is 2.43. The molecule has 139 heavy (non-hydrogen) atoms. The average molecular weight is 1910 g/mol. The maximum Gasteiger partial charge on any atom is 0.143 e. The predicted molar refractivity (Wildman–Crippen MR) is 583 cm³/mol. The van der Waals surface area contributed by atoms with Gasteiger partial charge in [0.2, 0.25) is 0 Å². The van der Waals surface area contributed by atoms with E-state index in [9.17, 15) is 20.4 Å². The Labute approximate surface area is 820 Å². The molecule has 0 aliphatic carbocycles. The van der Waals surface area contributed by atoms with E-state index in [1.165, 1.54) is 117 Å². The number of nitrogens with one attached hydrogen (secondary N) is 2. The number of nitrogens with two attached hydrogens (primary N) is 8. The van der Waals surface area contributed by atoms with Crippen molar-refractivity contribution < 1.29 is 54.7 Å². The third-order valence-corrected chi connectivity index (χ3v) is 27.5. The van der Waals surface area contributed by atoms with Crippen molar-refractivity contribution in [3.05, 3.63) is 209 Å². The zero-order chi connectivity index (χ0) is 103. The van der Waals surface area contributed by atoms with Crippen molar-refractivity contribution >= 4 is 133 Å². The van der Waals surface area contributed by atoms with Crippen LogP contribution in [0.4, 0.5) is 45.5 Å². The summed E-state index contributed by atoms with van der Waals surface area (Å²) < 4.78 is 35.3. The lowest BCUT2D eigenvalue weighted by molar-refractivity contribution is 0.202. The van der Waals surface area contributed by atoms with Gasteiger partial charge in [0.1, 0.15) is 49.4 Å². The number of aryl methyl sites for hydroxylation is 14. The molecule has 8 aromatic carbocycles. The number of likely N-dealkylation sites (N-methyl/N-ethyl adjacent to an activating group) is 1. The molecule has 8 heterocycles. The van der Waals surface area contributed by atoms with E-state index < -0.39 is 0 Å². The second-order valence-electron chi connectivity index (χ2n) is 36.8. The molecule has 0 atom stereocenters. The Morgan fingerprint density at radius 2 is 0.576 bits per heavy atom. The molecule has 25 N–H and O–H groups in total. The van der Waals surface area contributed by atoms with Gasteiger partial charge >= 0.3 is 0 Å². The number of aliphatic hydroxyl groups is 7. The average Bonchev–Trinajstić information content (AvgIpc) is 1.61. The van der Waals surface area contributed by atoms with E-state index in [1.807, 2.05) is 120 Å². The van der Waals surface area contributed by atoms with Crippen LogP contribution in [0.2, 0.25) is 0 Å². The van der Waals surface area contributed by atoms with Gasteiger partial charge in [0.25, 0.3) is 0 Å². The molecule has 0 saturated carbocycles. The first-order valence-corrected chi connectivity index (χ1v) is 48.4. The van der Waals surface area contributed by atoms with Crippen LogP contribution in [0, 0.1) is 104 Å². The van der Waals surface area contributed by atoms with Crippen LogP contribution in [0.1, 0.15) is 173 Å². The van der Waals surface area contributed by atoms with Crippen molar-refractivity contribution in [3.63, 3.8) is 0 Å². The highest BCUT2D eigenvalue weighted by atomic mass is 16.5. The number of aliphatic hydroxyl groups excluding tert-OH is 7. The summed E-state index contributed by atoms with van der Waals surface area (Å²) in [5.74, 6) is 4.02. The molecule has 754 valence electrons. The molecule has 0 unspecified atom stereocenters. The van der Waals surface area contributed by atoms with Crippen molar-refractivity contribution in [2.75, 3.05) is 139 Å². The Morgan fingerprint density at radius 1 is 0.295 bits per heavy atom. The van der Waals surface area contributed by atoms with Gasteiger partial charge in [-0.25, -0.2) is 0 Å². The molecule has 28 nitrogen and oxygen atoms in total. The predicted octanol–water partition coefficient (Wildman–Crippen LogP) is 18.5. The van der Waals surface area contributed by atoms with Crippen LogP contribution in [0.25, 0.3) is 87.2 Å². The third kappa shape index (κ3) is 23.1. The maximum atomic E-state index is 9.27. The molecular weight excluding hydrogens is 1750 g/mol. The van der Waals surface area contributed by atoms with E-state index in [2.05, 4.69) is 194 Å². The number of benzene rings is 8. The van der Waals surface area contributed by atoms with Gasteiger partial charge in [0.15, 0.2) is 0 Å². The van der Waals surface area contributed by atoms with E-state index in [0.717, 1.165) is 165 Å². The number of ether oxygens (including phenoxy) is 4. The number of aromatic amines is 2. The number of nitrogen functional groups attached to an aromatic ring is 8. The lowest BCUT2D eigenvalue weighted by atomic mass is 9.98. The van der Waals surface area contributed by atoms with Crippen molar-refractivity contribution in [1.82, 2.24) is 42.3 Å². The Hall–Kier alpha value is -12.6. The molecule has 8 aromatic heterocycles. The minimum absolute atomic E-state index is 0.00451. The summed E-state index contributed by atoms with van der Waals surface area (Å²) in [6.07, 6.45) is 2.93. The van der Waals surface area contributed by atoms with Crippen LogP contribution in [-0.2, 0) is 59.5 Å². The Morgan fingerprint density at radius 3 is 0.950 bits per heavy atom. The highest BCUT2D eigenvalue weighted by molar-refractivity contribution is 6.04. The lowest BCUT2D eigenvalue weighted by Crippen LogP contribution is -2.19. The van der Waals surface area contributed by atoms with Gasteiger partial charge in [-0.2, -0.15) is 0 Å². The fourth-order valence-electron chi connectivity index (χ4n) is 19.2. The standard InChI is InChI=1S/2C15H22N2O.C14H21N3O.C14H20N2O3.C14H20N2O.C14H20N2.C13H18N2O2.C12H16N2O2/c1-9(2)12-5-6-13(16)14-10(3)11(4)17(7-8-18)15(12)14;1-4-11-6-7-13(16)14-12(5-2)10(3)17(8-9-18)15(11)14;1-9-10(2)16-14-12(18-8-7-17(3)4)6-5-11(15)13(9)14;1-9-10(2)16(5-6-17)14-12(19-8-7-18)4-3-11(15)13(9)14;1-4-11-5-6-12(15)13-9(2)10(3)16(7-8-17)14(11)13;1-8(2)11-6-7-12(15)13-9(3)10(4)16(5)14(11)13;1-8-9(2)15(3)13-11(17-7-6-16)5-4-10(14)12(8)13;1-7-8(2)14-12-10(16-6-5-15)4-3-9(13)11(7)12/h5-6,9,18H,7-8,16H2,1-4H3;6-7,18H,4-5,8-9,16H2,1-3H3;5-6,16H,7-8,15H2,1-4H3;3-4,17-18H,5-8,15H2,1-2H3;5-6,17H,4,7-8,15H2,1-3H3;6-8H,15H2,1-5H3;4-5,16H,6-7,14H2,1-3H3;3-4,14-15H,5-6,13H2,1-2H3. The minimum Gasteiger partial charge on any atom is -0.490 e. The van der Waals surface area contributed by atoms with E-state index in [-0.39, 0.29) is 59.5 Å². The molecule has 0 amide bonds. The molecule has 0 saturated heterocycles. The molecular formula is C111H159N17O11. The second-order valence-corrected chi connectivity index (χ2v) is 36.8. The zero-order valence-corrected chi connectivity index (χ0v) is 87.3. The number of aromatic nitrogens is 8. The fraction of sp³-hybridized carbons (Fsp3) is 0.423. The monoisotopic (exact) mass is 1910 g/mol. The van der Waals surface area contributed by atoms with E-state index in [1.54, 1.807) is 6.07 Å². The van der Waals surface area contributed by atoms with Crippen LogP contribution in [0.15, 0.2) is 97.1 Å². The molecule has 16 rings (SSSR count). The first kappa shape index (κ1) is 110. The number of H-pyrrole nitrogens is 2. The van der Waals surface area contributed by atoms with Crippen molar-refractivity contribution in [1.29, 1.82) is 0 Å². The molecule has 0 spiro atoms. The first-order chi connectivity index (χ1) is 66.0. The van der Waals surface area contributed by atoms with Gasteiger partial charge in [-0.1, -0.05) is 72.7 Å². The molecule has 0 aliphatic heterocycles. The Bertz CT molecular complexity index is 6940. The minimum atomic E-state index is -0.0372. The summed E-state index contributed by atoms with van der Waals surface area (Å²) in [4.78, 5) is 8.71. The zero-order valence-electron chi connectivity index (χ0n) is 87.3. The molecule has 0 bridgehead atoms. The molecule has 16 aromatic rings. The summed E-state index contributed by atoms with van der Waals surface area (Å²) in [6, 6.07) is 31.3. The van der Waals surface area contributed by atoms with Gasteiger partial charge in [-0.3, -0.25) is 0 Å². The normalized spacial score (nSPS) is 11.3. The van der Waals surface area contributed by atoms with E-state index in [0.29, 0.717) is 62.7 Å². The molecule has 28 heteroatoms. The highest BCUT2D eigenvalue weighted by Gasteiger charge is 2.25. The number of rotatable bonds is 26. The number of anilines is 8. The van der Waals surface area contributed by atoms with Crippen LogP contribution in [0.5, 0.6) is 23.0 Å². The maximum absolute atomic E-state index is 9.27. The van der Waals surface area contributed by atoms with Gasteiger partial charge < -0.3 is 143 Å². The number of hydrogen-bond donors (Lipinski definition) is 17. The second kappa shape index (κ2) is 48.8. The Kier molecular flexibility index (Phi) is 38.6. The number of fused-ring (bicyclic) bond motifs is 8. The SMILES string of the molecule is CCc1c(C)n(CCO)c2c(CC)ccc(N)c12.CCc1ccc(N)c2c(C)c(C)n(CCO)c12.Cc1[nH]c2c(OCCN(C)C)ccc(N)c2c1C.Cc1[nH]c2c(OCCO)ccc(N)c2c1C.Cc1c(C)n(C)c2c(C(C)C)ccc(N)c12.Cc1c(C)n(C)c2c(OCCO)ccc(N)c12.Cc1c(C)n(CCO)c2c(C(C)C)ccc(N)c12.Cc1c(C)n(CCO)c2c(OCCO)ccc(N)c12. The third-order valence-electron chi connectivity index (χ3n) is 27.5. The van der Waals surface area contributed by atoms with E-state index in [4.69, 9.17) is 80.1 Å². The summed E-state index contributed by atoms with van der Waals surface area (Å²) in [5, 5.41) is 72.2. The lowest BCUT2D eigenvalue weighted by Gasteiger charge is -2.13. The number of hydrogen-bond acceptors (Lipinski definition) is 20. The van der Waals surface area contributed by atoms with Crippen LogP contribution < -0.4 is 64.8 Å². The van der Waals surface area contributed by atoms with Crippen molar-refractivity contribution in [2.24, 2.45) is 14.1 Å². The Balaban J connectivity index is 0.000000178.